The molecule has 1 amide bonds. The molecule has 118 valence electrons. The Morgan fingerprint density at radius 1 is 1.43 bits per heavy atom. The van der Waals surface area contributed by atoms with Gasteiger partial charge in [-0.1, -0.05) is 0 Å². The van der Waals surface area contributed by atoms with E-state index in [0.29, 0.717) is 18.1 Å². The maximum atomic E-state index is 12.8. The first-order valence-corrected chi connectivity index (χ1v) is 8.35. The number of nitrogens with zero attached hydrogens (tertiary/aromatic N) is 4. The molecule has 0 saturated carbocycles. The van der Waals surface area contributed by atoms with Crippen molar-refractivity contribution >= 4 is 22.2 Å². The molecule has 0 unspecified atom stereocenters. The van der Waals surface area contributed by atoms with Gasteiger partial charge in [0.2, 0.25) is 0 Å². The van der Waals surface area contributed by atoms with E-state index in [4.69, 9.17) is 0 Å². The van der Waals surface area contributed by atoms with E-state index in [0.717, 1.165) is 18.5 Å². The van der Waals surface area contributed by atoms with Crippen LogP contribution in [0.25, 0.3) is 4.96 Å². The summed E-state index contributed by atoms with van der Waals surface area (Å²) in [5.74, 6) is -0.0110. The monoisotopic (exact) mass is 329 g/mol. The number of nitrogens with one attached hydrogen (secondary N) is 1. The second-order valence-corrected chi connectivity index (χ2v) is 6.51. The molecule has 1 aliphatic heterocycles. The van der Waals surface area contributed by atoms with Crippen LogP contribution in [0.2, 0.25) is 0 Å². The van der Waals surface area contributed by atoms with Crippen molar-refractivity contribution in [2.75, 3.05) is 13.1 Å². The van der Waals surface area contributed by atoms with Crippen LogP contribution in [0.3, 0.4) is 0 Å². The number of amides is 1. The quantitative estimate of drug-likeness (QED) is 0.772. The number of H-pyrrole nitrogens is 1. The van der Waals surface area contributed by atoms with Crippen molar-refractivity contribution in [1.29, 1.82) is 0 Å². The number of thiazole rings is 1. The van der Waals surface area contributed by atoms with Crippen LogP contribution in [0.5, 0.6) is 0 Å². The molecule has 4 rings (SSSR count). The first kappa shape index (κ1) is 14.1. The lowest BCUT2D eigenvalue weighted by molar-refractivity contribution is 0.0703. The van der Waals surface area contributed by atoms with Gasteiger partial charge in [0.1, 0.15) is 5.56 Å². The molecule has 0 spiro atoms. The first-order chi connectivity index (χ1) is 11.2. The number of aromatic nitrogens is 4. The van der Waals surface area contributed by atoms with Crippen LogP contribution < -0.4 is 5.56 Å². The van der Waals surface area contributed by atoms with E-state index in [1.165, 1.54) is 21.9 Å². The lowest BCUT2D eigenvalue weighted by Gasteiger charge is -2.32. The van der Waals surface area contributed by atoms with Crippen LogP contribution in [-0.4, -0.2) is 43.5 Å². The van der Waals surface area contributed by atoms with Gasteiger partial charge < -0.3 is 4.90 Å². The third kappa shape index (κ3) is 2.44. The van der Waals surface area contributed by atoms with Crippen molar-refractivity contribution in [1.82, 2.24) is 24.5 Å². The van der Waals surface area contributed by atoms with Gasteiger partial charge in [0.15, 0.2) is 4.96 Å². The van der Waals surface area contributed by atoms with Crippen LogP contribution >= 0.6 is 11.3 Å². The predicted molar refractivity (Wildman–Crippen MR) is 85.8 cm³/mol. The summed E-state index contributed by atoms with van der Waals surface area (Å²) in [6.45, 7) is 1.25. The minimum atomic E-state index is -0.301. The number of aromatic amines is 1. The summed E-state index contributed by atoms with van der Waals surface area (Å²) in [7, 11) is 0. The molecule has 1 N–H and O–H groups in total. The van der Waals surface area contributed by atoms with Gasteiger partial charge in [-0.15, -0.1) is 11.3 Å². The summed E-state index contributed by atoms with van der Waals surface area (Å²) in [6, 6.07) is 1.94. The Balaban J connectivity index is 1.62. The number of carbonyl (C=O) groups is 1. The number of hydrogen-bond donors (Lipinski definition) is 1. The van der Waals surface area contributed by atoms with E-state index in [1.807, 2.05) is 6.07 Å². The lowest BCUT2D eigenvalue weighted by Crippen LogP contribution is -2.41. The molecule has 1 saturated heterocycles. The van der Waals surface area contributed by atoms with Crippen LogP contribution in [0.1, 0.15) is 34.8 Å². The molecule has 3 aromatic heterocycles. The zero-order valence-electron chi connectivity index (χ0n) is 12.3. The van der Waals surface area contributed by atoms with Crippen LogP contribution in [0, 0.1) is 0 Å². The van der Waals surface area contributed by atoms with Gasteiger partial charge in [0.25, 0.3) is 11.5 Å². The molecule has 0 aromatic carbocycles. The Morgan fingerprint density at radius 2 is 2.35 bits per heavy atom. The van der Waals surface area contributed by atoms with E-state index in [1.54, 1.807) is 22.7 Å². The summed E-state index contributed by atoms with van der Waals surface area (Å²) in [4.78, 5) is 31.7. The fourth-order valence-corrected chi connectivity index (χ4v) is 3.73. The molecule has 0 radical (unpaired) electrons. The highest BCUT2D eigenvalue weighted by atomic mass is 32.1. The molecular weight excluding hydrogens is 314 g/mol. The third-order valence-electron chi connectivity index (χ3n) is 4.24. The maximum absolute atomic E-state index is 12.8. The summed E-state index contributed by atoms with van der Waals surface area (Å²) < 4.78 is 1.42. The summed E-state index contributed by atoms with van der Waals surface area (Å²) >= 11 is 1.37. The van der Waals surface area contributed by atoms with Gasteiger partial charge in [-0.3, -0.25) is 19.1 Å². The van der Waals surface area contributed by atoms with Crippen molar-refractivity contribution in [2.24, 2.45) is 0 Å². The number of carbonyl (C=O) groups excluding carboxylic acids is 1. The second-order valence-electron chi connectivity index (χ2n) is 5.63. The van der Waals surface area contributed by atoms with Gasteiger partial charge >= 0.3 is 0 Å². The molecule has 7 nitrogen and oxygen atoms in total. The minimum absolute atomic E-state index is 0.131. The van der Waals surface area contributed by atoms with Gasteiger partial charge in [-0.05, 0) is 18.9 Å². The first-order valence-electron chi connectivity index (χ1n) is 7.47. The van der Waals surface area contributed by atoms with Gasteiger partial charge in [0, 0.05) is 48.7 Å². The number of hydrogen-bond acceptors (Lipinski definition) is 5. The zero-order chi connectivity index (χ0) is 15.8. The van der Waals surface area contributed by atoms with Crippen LogP contribution in [0.4, 0.5) is 0 Å². The molecular formula is C15H15N5O2S. The smallest absolute Gasteiger partial charge is 0.271 e. The maximum Gasteiger partial charge on any atom is 0.271 e. The second kappa shape index (κ2) is 5.62. The number of fused-ring (bicyclic) bond motifs is 1. The van der Waals surface area contributed by atoms with E-state index in [9.17, 15) is 9.59 Å². The highest BCUT2D eigenvalue weighted by molar-refractivity contribution is 7.15. The number of piperidine rings is 1. The SMILES string of the molecule is O=C(c1cnc2sccn2c1=O)N1CCC[C@H](c2ccn[nH]2)C1. The molecule has 1 atom stereocenters. The fourth-order valence-electron chi connectivity index (χ4n) is 3.05. The topological polar surface area (TPSA) is 83.4 Å². The lowest BCUT2D eigenvalue weighted by atomic mass is 9.94. The predicted octanol–water partition coefficient (Wildman–Crippen LogP) is 1.50. The van der Waals surface area contributed by atoms with Crippen LogP contribution in [0.15, 0.2) is 34.8 Å². The Morgan fingerprint density at radius 3 is 3.17 bits per heavy atom. The number of likely N-dealkylation sites (tertiary alicyclic amines) is 1. The largest absolute Gasteiger partial charge is 0.338 e. The Labute approximate surface area is 135 Å². The number of rotatable bonds is 2. The van der Waals surface area contributed by atoms with Crippen LogP contribution in [-0.2, 0) is 0 Å². The average molecular weight is 329 g/mol. The summed E-state index contributed by atoms with van der Waals surface area (Å²) in [6.07, 6.45) is 6.68. The van der Waals surface area contributed by atoms with Gasteiger partial charge in [-0.2, -0.15) is 5.10 Å². The zero-order valence-corrected chi connectivity index (χ0v) is 13.1. The van der Waals surface area contributed by atoms with Crippen molar-refractivity contribution in [3.05, 3.63) is 51.6 Å². The van der Waals surface area contributed by atoms with Gasteiger partial charge in [-0.25, -0.2) is 4.98 Å². The van der Waals surface area contributed by atoms with Crippen molar-refractivity contribution in [3.8, 4) is 0 Å². The van der Waals surface area contributed by atoms with Crippen molar-refractivity contribution < 1.29 is 4.79 Å². The highest BCUT2D eigenvalue weighted by Crippen LogP contribution is 2.25. The van der Waals surface area contributed by atoms with E-state index in [-0.39, 0.29) is 22.9 Å². The van der Waals surface area contributed by atoms with Crippen molar-refractivity contribution in [2.45, 2.75) is 18.8 Å². The van der Waals surface area contributed by atoms with E-state index < -0.39 is 0 Å². The Bertz CT molecular complexity index is 898. The third-order valence-corrected chi connectivity index (χ3v) is 5.01. The summed E-state index contributed by atoms with van der Waals surface area (Å²) in [5, 5.41) is 8.74. The molecule has 0 bridgehead atoms. The van der Waals surface area contributed by atoms with Crippen molar-refractivity contribution in [3.63, 3.8) is 0 Å². The molecule has 23 heavy (non-hydrogen) atoms. The van der Waals surface area contributed by atoms with E-state index >= 15 is 0 Å². The van der Waals surface area contributed by atoms with Gasteiger partial charge in [0.05, 0.1) is 0 Å². The summed E-state index contributed by atoms with van der Waals surface area (Å²) in [5.41, 5.74) is 0.863. The normalized spacial score (nSPS) is 18.4. The molecule has 1 aliphatic rings. The molecule has 8 heteroatoms. The molecule has 4 heterocycles. The minimum Gasteiger partial charge on any atom is -0.338 e. The standard InChI is InChI=1S/C15H15N5O2S/c21-13(11-8-16-15-20(14(11)22)6-7-23-15)19-5-1-2-10(9-19)12-3-4-17-18-12/h3-4,6-8,10H,1-2,5,9H2,(H,17,18)/t10-/m0/s1. The molecule has 3 aromatic rings. The van der Waals surface area contributed by atoms with E-state index in [2.05, 4.69) is 15.2 Å². The molecule has 0 aliphatic carbocycles. The molecule has 1 fully saturated rings. The average Bonchev–Trinajstić information content (AvgIpc) is 3.26. The fraction of sp³-hybridized carbons (Fsp3) is 0.333. The Hall–Kier alpha value is -2.48. The Kier molecular flexibility index (Phi) is 3.45. The highest BCUT2D eigenvalue weighted by Gasteiger charge is 2.28.